The summed E-state index contributed by atoms with van der Waals surface area (Å²) in [6, 6.07) is 14.3. The molecule has 5 heteroatoms. The summed E-state index contributed by atoms with van der Waals surface area (Å²) in [6.45, 7) is 1.13. The Bertz CT molecular complexity index is 604. The lowest BCUT2D eigenvalue weighted by molar-refractivity contribution is 0.1000. The van der Waals surface area contributed by atoms with Gasteiger partial charge < -0.3 is 11.1 Å². The van der Waals surface area contributed by atoms with Gasteiger partial charge in [0.05, 0.1) is 0 Å². The first-order valence-electron chi connectivity index (χ1n) is 6.63. The van der Waals surface area contributed by atoms with Crippen LogP contribution in [-0.2, 0) is 6.54 Å². The average Bonchev–Trinajstić information content (AvgIpc) is 2.49. The van der Waals surface area contributed by atoms with Crippen LogP contribution in [-0.4, -0.2) is 18.2 Å². The predicted octanol–water partition coefficient (Wildman–Crippen LogP) is 2.81. The van der Waals surface area contributed by atoms with Gasteiger partial charge in [0.15, 0.2) is 0 Å². The van der Waals surface area contributed by atoms with Gasteiger partial charge in [0, 0.05) is 34.9 Å². The third kappa shape index (κ3) is 4.88. The molecule has 0 radical (unpaired) electrons. The van der Waals surface area contributed by atoms with Crippen LogP contribution in [0.25, 0.3) is 0 Å². The number of hydrogen-bond acceptors (Lipinski definition) is 3. The molecule has 0 unspecified atom stereocenters. The van der Waals surface area contributed by atoms with Gasteiger partial charge in [-0.05, 0) is 30.3 Å². The summed E-state index contributed by atoms with van der Waals surface area (Å²) in [5.41, 5.74) is 5.97. The molecule has 0 aromatic heterocycles. The van der Waals surface area contributed by atoms with Gasteiger partial charge in [-0.3, -0.25) is 4.79 Å². The number of nitrogens with one attached hydrogen (secondary N) is 1. The molecule has 0 aliphatic carbocycles. The van der Waals surface area contributed by atoms with Gasteiger partial charge in [-0.15, -0.1) is 11.8 Å². The first kappa shape index (κ1) is 15.5. The lowest BCUT2D eigenvalue weighted by Gasteiger charge is -2.07. The fourth-order valence-corrected chi connectivity index (χ4v) is 2.68. The SMILES string of the molecule is NC(=O)c1ccc(F)c(CNCCSc2ccccc2)c1. The average molecular weight is 304 g/mol. The summed E-state index contributed by atoms with van der Waals surface area (Å²) in [6.07, 6.45) is 0. The van der Waals surface area contributed by atoms with Crippen molar-refractivity contribution < 1.29 is 9.18 Å². The molecule has 0 bridgehead atoms. The third-order valence-corrected chi connectivity index (χ3v) is 3.95. The van der Waals surface area contributed by atoms with Gasteiger partial charge >= 0.3 is 0 Å². The van der Waals surface area contributed by atoms with Crippen LogP contribution in [0.2, 0.25) is 0 Å². The number of carbonyl (C=O) groups excluding carboxylic acids is 1. The molecule has 110 valence electrons. The van der Waals surface area contributed by atoms with Crippen LogP contribution in [0.15, 0.2) is 53.4 Å². The Morgan fingerprint density at radius 3 is 2.67 bits per heavy atom. The van der Waals surface area contributed by atoms with E-state index in [4.69, 9.17) is 5.73 Å². The highest BCUT2D eigenvalue weighted by Crippen LogP contribution is 2.16. The first-order valence-corrected chi connectivity index (χ1v) is 7.62. The molecule has 2 aromatic rings. The van der Waals surface area contributed by atoms with Crippen LogP contribution in [0.4, 0.5) is 4.39 Å². The first-order chi connectivity index (χ1) is 10.2. The Hall–Kier alpha value is -1.85. The van der Waals surface area contributed by atoms with Gasteiger partial charge in [-0.25, -0.2) is 4.39 Å². The maximum absolute atomic E-state index is 13.6. The van der Waals surface area contributed by atoms with E-state index in [1.807, 2.05) is 18.2 Å². The van der Waals surface area contributed by atoms with E-state index in [0.29, 0.717) is 17.7 Å². The smallest absolute Gasteiger partial charge is 0.248 e. The minimum atomic E-state index is -0.545. The highest BCUT2D eigenvalue weighted by Gasteiger charge is 2.06. The van der Waals surface area contributed by atoms with E-state index in [2.05, 4.69) is 17.4 Å². The number of amides is 1. The Labute approximate surface area is 127 Å². The molecular formula is C16H17FN2OS. The summed E-state index contributed by atoms with van der Waals surface area (Å²) in [5.74, 6) is 0.0142. The molecule has 0 spiro atoms. The Morgan fingerprint density at radius 2 is 1.95 bits per heavy atom. The molecule has 0 saturated heterocycles. The lowest BCUT2D eigenvalue weighted by atomic mass is 10.1. The molecule has 3 nitrogen and oxygen atoms in total. The second-order valence-corrected chi connectivity index (χ2v) is 5.68. The van der Waals surface area contributed by atoms with Gasteiger partial charge in [0.25, 0.3) is 0 Å². The molecule has 0 atom stereocenters. The van der Waals surface area contributed by atoms with Crippen molar-refractivity contribution in [3.05, 3.63) is 65.5 Å². The highest BCUT2D eigenvalue weighted by atomic mass is 32.2. The van der Waals surface area contributed by atoms with E-state index in [1.165, 1.54) is 23.1 Å². The van der Waals surface area contributed by atoms with Crippen LogP contribution in [0.1, 0.15) is 15.9 Å². The zero-order valence-electron chi connectivity index (χ0n) is 11.5. The minimum Gasteiger partial charge on any atom is -0.366 e. The van der Waals surface area contributed by atoms with Crippen molar-refractivity contribution in [2.45, 2.75) is 11.4 Å². The van der Waals surface area contributed by atoms with Crippen LogP contribution >= 0.6 is 11.8 Å². The number of benzene rings is 2. The van der Waals surface area contributed by atoms with Crippen LogP contribution in [0.5, 0.6) is 0 Å². The third-order valence-electron chi connectivity index (χ3n) is 2.94. The Balaban J connectivity index is 1.78. The lowest BCUT2D eigenvalue weighted by Crippen LogP contribution is -2.18. The molecule has 21 heavy (non-hydrogen) atoms. The number of halogens is 1. The van der Waals surface area contributed by atoms with Crippen molar-refractivity contribution in [3.63, 3.8) is 0 Å². The zero-order valence-corrected chi connectivity index (χ0v) is 12.3. The van der Waals surface area contributed by atoms with Crippen molar-refractivity contribution in [2.24, 2.45) is 5.73 Å². The number of thioether (sulfide) groups is 1. The van der Waals surface area contributed by atoms with Gasteiger partial charge in [-0.1, -0.05) is 18.2 Å². The zero-order chi connectivity index (χ0) is 15.1. The van der Waals surface area contributed by atoms with E-state index in [9.17, 15) is 9.18 Å². The number of rotatable bonds is 7. The molecule has 0 saturated carbocycles. The molecule has 0 aliphatic heterocycles. The maximum atomic E-state index is 13.6. The highest BCUT2D eigenvalue weighted by molar-refractivity contribution is 7.99. The van der Waals surface area contributed by atoms with Crippen molar-refractivity contribution in [1.82, 2.24) is 5.32 Å². The predicted molar refractivity (Wildman–Crippen MR) is 83.8 cm³/mol. The monoisotopic (exact) mass is 304 g/mol. The van der Waals surface area contributed by atoms with Gasteiger partial charge in [0.2, 0.25) is 5.91 Å². The Morgan fingerprint density at radius 1 is 1.19 bits per heavy atom. The molecule has 0 aliphatic rings. The standard InChI is InChI=1S/C16H17FN2OS/c17-15-7-6-12(16(18)20)10-13(15)11-19-8-9-21-14-4-2-1-3-5-14/h1-7,10,19H,8-9,11H2,(H2,18,20). The van der Waals surface area contributed by atoms with Crippen molar-refractivity contribution in [2.75, 3.05) is 12.3 Å². The molecule has 0 fully saturated rings. The summed E-state index contributed by atoms with van der Waals surface area (Å²) in [5, 5.41) is 3.17. The minimum absolute atomic E-state index is 0.326. The van der Waals surface area contributed by atoms with Crippen LogP contribution < -0.4 is 11.1 Å². The normalized spacial score (nSPS) is 10.5. The molecular weight excluding hydrogens is 287 g/mol. The summed E-state index contributed by atoms with van der Waals surface area (Å²) < 4.78 is 13.6. The largest absolute Gasteiger partial charge is 0.366 e. The molecule has 0 heterocycles. The van der Waals surface area contributed by atoms with Crippen LogP contribution in [0, 0.1) is 5.82 Å². The fourth-order valence-electron chi connectivity index (χ4n) is 1.84. The second kappa shape index (κ2) is 7.81. The molecule has 2 rings (SSSR count). The topological polar surface area (TPSA) is 55.1 Å². The maximum Gasteiger partial charge on any atom is 0.248 e. The summed E-state index contributed by atoms with van der Waals surface area (Å²) in [4.78, 5) is 12.3. The van der Waals surface area contributed by atoms with Crippen molar-refractivity contribution in [3.8, 4) is 0 Å². The van der Waals surface area contributed by atoms with E-state index in [1.54, 1.807) is 11.8 Å². The van der Waals surface area contributed by atoms with Crippen molar-refractivity contribution in [1.29, 1.82) is 0 Å². The molecule has 3 N–H and O–H groups in total. The number of hydrogen-bond donors (Lipinski definition) is 2. The summed E-state index contributed by atoms with van der Waals surface area (Å²) in [7, 11) is 0. The van der Waals surface area contributed by atoms with E-state index in [0.717, 1.165) is 12.3 Å². The van der Waals surface area contributed by atoms with Gasteiger partial charge in [0.1, 0.15) is 5.82 Å². The van der Waals surface area contributed by atoms with Crippen LogP contribution in [0.3, 0.4) is 0 Å². The number of carbonyl (C=O) groups is 1. The Kier molecular flexibility index (Phi) is 5.78. The van der Waals surface area contributed by atoms with Crippen molar-refractivity contribution >= 4 is 17.7 Å². The van der Waals surface area contributed by atoms with Gasteiger partial charge in [-0.2, -0.15) is 0 Å². The number of nitrogens with two attached hydrogens (primary N) is 1. The van der Waals surface area contributed by atoms with E-state index < -0.39 is 5.91 Å². The molecule has 1 amide bonds. The number of primary amides is 1. The van der Waals surface area contributed by atoms with E-state index in [-0.39, 0.29) is 5.82 Å². The fraction of sp³-hybridized carbons (Fsp3) is 0.188. The quantitative estimate of drug-likeness (QED) is 0.611. The second-order valence-electron chi connectivity index (χ2n) is 4.51. The molecule has 2 aromatic carbocycles. The summed E-state index contributed by atoms with van der Waals surface area (Å²) >= 11 is 1.74. The van der Waals surface area contributed by atoms with E-state index >= 15 is 0 Å².